The molecule has 0 aliphatic rings. The molecule has 0 unspecified atom stereocenters. The fraction of sp³-hybridized carbons (Fsp3) is 0.385. The first-order chi connectivity index (χ1) is 13.2. The van der Waals surface area contributed by atoms with E-state index in [1.165, 1.54) is 51.2 Å². The molecule has 0 bridgehead atoms. The van der Waals surface area contributed by atoms with Gasteiger partial charge in [0.25, 0.3) is 16.0 Å². The van der Waals surface area contributed by atoms with E-state index in [9.17, 15) is 44.3 Å². The van der Waals surface area contributed by atoms with Crippen molar-refractivity contribution in [2.45, 2.75) is 24.8 Å². The predicted octanol–water partition coefficient (Wildman–Crippen LogP) is 3.94. The summed E-state index contributed by atoms with van der Waals surface area (Å²) >= 11 is 4.66. The quantitative estimate of drug-likeness (QED) is 0.238. The number of carbonyl (C=O) groups excluding carboxylic acids is 2. The first-order valence-electron chi connectivity index (χ1n) is 7.09. The van der Waals surface area contributed by atoms with E-state index in [0.717, 1.165) is 6.92 Å². The van der Waals surface area contributed by atoms with Gasteiger partial charge in [0.1, 0.15) is 5.75 Å². The second-order valence-electron chi connectivity index (χ2n) is 5.67. The average molecular weight is 800 g/mol. The van der Waals surface area contributed by atoms with E-state index in [0.29, 0.717) is 8.89 Å². The molecule has 0 aliphatic heterocycles. The van der Waals surface area contributed by atoms with Gasteiger partial charge in [0, 0.05) is 14.1 Å². The first kappa shape index (κ1) is 27.9. The number of amides is 2. The third kappa shape index (κ3) is 6.21. The summed E-state index contributed by atoms with van der Waals surface area (Å²) in [5.41, 5.74) is -5.98. The van der Waals surface area contributed by atoms with Crippen molar-refractivity contribution in [3.8, 4) is 0 Å². The van der Waals surface area contributed by atoms with E-state index in [4.69, 9.17) is 4.55 Å². The number of rotatable bonds is 5. The van der Waals surface area contributed by atoms with Crippen LogP contribution in [0.25, 0.3) is 0 Å². The van der Waals surface area contributed by atoms with Gasteiger partial charge in [0.05, 0.1) is 14.8 Å². The zero-order chi connectivity index (χ0) is 23.9. The van der Waals surface area contributed by atoms with Crippen molar-refractivity contribution in [1.29, 1.82) is 0 Å². The lowest BCUT2D eigenvalue weighted by Crippen LogP contribution is -2.70. The van der Waals surface area contributed by atoms with Gasteiger partial charge in [-0.3, -0.25) is 14.1 Å². The smallest absolute Gasteiger partial charge is 0.329 e. The molecule has 0 fully saturated rings. The van der Waals surface area contributed by atoms with Crippen LogP contribution in [0, 0.1) is 10.7 Å². The van der Waals surface area contributed by atoms with E-state index in [2.05, 4.69) is 5.32 Å². The Morgan fingerprint density at radius 2 is 1.50 bits per heavy atom. The van der Waals surface area contributed by atoms with E-state index < -0.39 is 51.1 Å². The molecule has 0 saturated heterocycles. The molecule has 17 heteroatoms. The summed E-state index contributed by atoms with van der Waals surface area (Å²) in [5.74, 6) is -5.41. The second kappa shape index (κ2) is 9.37. The Bertz CT molecular complexity index is 967. The fourth-order valence-electron chi connectivity index (χ4n) is 2.12. The molecule has 2 amide bonds. The van der Waals surface area contributed by atoms with Crippen molar-refractivity contribution >= 4 is 95.4 Å². The SMILES string of the molecule is CC(=O)Nc1c(I)cc(I)c(C(=O)NC(CS(=O)(=O)O)(C(F)(F)F)C(F)(F)F)c1I. The van der Waals surface area contributed by atoms with Gasteiger partial charge in [0.15, 0.2) is 0 Å². The summed E-state index contributed by atoms with van der Waals surface area (Å²) in [5, 5.41) is 3.02. The number of carbonyl (C=O) groups is 2. The molecule has 0 atom stereocenters. The molecule has 7 nitrogen and oxygen atoms in total. The van der Waals surface area contributed by atoms with E-state index in [1.807, 2.05) is 0 Å². The molecule has 0 spiro atoms. The highest BCUT2D eigenvalue weighted by molar-refractivity contribution is 14.1. The minimum absolute atomic E-state index is 0.0336. The molecule has 1 aromatic rings. The van der Waals surface area contributed by atoms with Crippen LogP contribution in [0.4, 0.5) is 32.0 Å². The maximum Gasteiger partial charge on any atom is 0.421 e. The third-order valence-electron chi connectivity index (χ3n) is 3.39. The molecule has 0 aromatic heterocycles. The van der Waals surface area contributed by atoms with Crippen molar-refractivity contribution in [3.63, 3.8) is 0 Å². The highest BCUT2D eigenvalue weighted by atomic mass is 127. The second-order valence-corrected chi connectivity index (χ2v) is 10.5. The highest BCUT2D eigenvalue weighted by Gasteiger charge is 2.73. The molecule has 1 aromatic carbocycles. The Hall–Kier alpha value is -0.160. The predicted molar refractivity (Wildman–Crippen MR) is 118 cm³/mol. The molecule has 1 rings (SSSR count). The molecule has 0 radical (unpaired) electrons. The average Bonchev–Trinajstić information content (AvgIpc) is 2.46. The lowest BCUT2D eigenvalue weighted by molar-refractivity contribution is -0.296. The molecular formula is C13H9F6I3N2O5S. The van der Waals surface area contributed by atoms with Crippen molar-refractivity contribution in [1.82, 2.24) is 5.32 Å². The monoisotopic (exact) mass is 800 g/mol. The Morgan fingerprint density at radius 1 is 1.03 bits per heavy atom. The standard InChI is InChI=1S/C13H9F6I3N2O5S/c1-4(25)23-9-6(21)2-5(20)7(8(9)22)10(26)24-11(12(14,15)16,13(17,18)19)3-30(27,28)29/h2H,3H2,1H3,(H,23,25)(H,24,26)(H,27,28,29). The number of nitrogens with one attached hydrogen (secondary N) is 2. The lowest BCUT2D eigenvalue weighted by atomic mass is 9.99. The third-order valence-corrected chi connectivity index (χ3v) is 6.97. The van der Waals surface area contributed by atoms with Crippen LogP contribution in [0.2, 0.25) is 0 Å². The van der Waals surface area contributed by atoms with Gasteiger partial charge in [-0.1, -0.05) is 0 Å². The Kier molecular flexibility index (Phi) is 8.71. The van der Waals surface area contributed by atoms with Crippen molar-refractivity contribution < 1.29 is 48.9 Å². The van der Waals surface area contributed by atoms with Gasteiger partial charge in [-0.25, -0.2) is 0 Å². The van der Waals surface area contributed by atoms with E-state index in [1.54, 1.807) is 22.6 Å². The number of halogens is 9. The minimum atomic E-state index is -6.34. The molecule has 170 valence electrons. The van der Waals surface area contributed by atoms with Crippen LogP contribution in [0.3, 0.4) is 0 Å². The van der Waals surface area contributed by atoms with Crippen LogP contribution in [0.15, 0.2) is 6.07 Å². The highest BCUT2D eigenvalue weighted by Crippen LogP contribution is 2.44. The van der Waals surface area contributed by atoms with Crippen LogP contribution < -0.4 is 10.6 Å². The van der Waals surface area contributed by atoms with Gasteiger partial charge in [-0.2, -0.15) is 34.8 Å². The Morgan fingerprint density at radius 3 is 1.87 bits per heavy atom. The molecule has 0 saturated carbocycles. The molecule has 0 heterocycles. The Balaban J connectivity index is 3.71. The van der Waals surface area contributed by atoms with E-state index >= 15 is 0 Å². The van der Waals surface area contributed by atoms with Crippen LogP contribution in [0.1, 0.15) is 17.3 Å². The number of anilines is 1. The van der Waals surface area contributed by atoms with Crippen LogP contribution in [0.5, 0.6) is 0 Å². The summed E-state index contributed by atoms with van der Waals surface area (Å²) in [6.07, 6.45) is -12.7. The van der Waals surface area contributed by atoms with Crippen molar-refractivity contribution in [2.75, 3.05) is 11.1 Å². The summed E-state index contributed by atoms with van der Waals surface area (Å²) in [6, 6.07) is 1.22. The fourth-order valence-corrected chi connectivity index (χ4v) is 7.20. The molecule has 30 heavy (non-hydrogen) atoms. The van der Waals surface area contributed by atoms with Crippen LogP contribution >= 0.6 is 67.8 Å². The lowest BCUT2D eigenvalue weighted by Gasteiger charge is -2.37. The summed E-state index contributed by atoms with van der Waals surface area (Å²) in [6.45, 7) is 1.09. The number of hydrogen-bond acceptors (Lipinski definition) is 4. The van der Waals surface area contributed by atoms with Gasteiger partial charge in [-0.05, 0) is 73.8 Å². The van der Waals surface area contributed by atoms with Crippen molar-refractivity contribution in [3.05, 3.63) is 22.3 Å². The zero-order valence-corrected chi connectivity index (χ0v) is 21.5. The summed E-state index contributed by atoms with van der Waals surface area (Å²) in [7, 11) is -5.84. The van der Waals surface area contributed by atoms with E-state index in [-0.39, 0.29) is 12.8 Å². The summed E-state index contributed by atoms with van der Waals surface area (Å²) < 4.78 is 111. The van der Waals surface area contributed by atoms with Gasteiger partial charge < -0.3 is 10.6 Å². The molecule has 0 aliphatic carbocycles. The van der Waals surface area contributed by atoms with Crippen molar-refractivity contribution in [2.24, 2.45) is 0 Å². The summed E-state index contributed by atoms with van der Waals surface area (Å²) in [4.78, 5) is 23.8. The van der Waals surface area contributed by atoms with Crippen LogP contribution in [-0.2, 0) is 14.9 Å². The van der Waals surface area contributed by atoms with Gasteiger partial charge in [0.2, 0.25) is 11.4 Å². The van der Waals surface area contributed by atoms with Gasteiger partial charge in [-0.15, -0.1) is 0 Å². The maximum atomic E-state index is 13.4. The zero-order valence-electron chi connectivity index (χ0n) is 14.2. The van der Waals surface area contributed by atoms with Gasteiger partial charge >= 0.3 is 12.4 Å². The number of hydrogen-bond donors (Lipinski definition) is 3. The Labute approximate surface area is 206 Å². The molecular weight excluding hydrogens is 791 g/mol. The normalized spacial score (nSPS) is 13.2. The topological polar surface area (TPSA) is 113 Å². The largest absolute Gasteiger partial charge is 0.421 e. The van der Waals surface area contributed by atoms with Crippen LogP contribution in [-0.4, -0.2) is 48.4 Å². The maximum absolute atomic E-state index is 13.4. The molecule has 3 N–H and O–H groups in total. The minimum Gasteiger partial charge on any atom is -0.329 e. The number of benzene rings is 1. The number of alkyl halides is 6. The first-order valence-corrected chi connectivity index (χ1v) is 11.9.